The molecular weight excluding hydrogens is 434 g/mol. The summed E-state index contributed by atoms with van der Waals surface area (Å²) in [5.41, 5.74) is 1.90. The van der Waals surface area contributed by atoms with Gasteiger partial charge < -0.3 is 19.1 Å². The number of carbonyl (C=O) groups is 1. The average Bonchev–Trinajstić information content (AvgIpc) is 3.25. The maximum Gasteiger partial charge on any atom is 0.257 e. The van der Waals surface area contributed by atoms with E-state index in [1.165, 1.54) is 14.2 Å². The van der Waals surface area contributed by atoms with Gasteiger partial charge in [-0.2, -0.15) is 0 Å². The molecule has 1 fully saturated rings. The molecule has 172 valence electrons. The fraction of sp³-hybridized carbons (Fsp3) is 0.409. The van der Waals surface area contributed by atoms with E-state index in [1.54, 1.807) is 23.1 Å². The predicted molar refractivity (Wildman–Crippen MR) is 120 cm³/mol. The van der Waals surface area contributed by atoms with Crippen LogP contribution in [0.25, 0.3) is 0 Å². The first-order chi connectivity index (χ1) is 15.3. The second-order valence-corrected chi connectivity index (χ2v) is 9.88. The molecule has 2 aliphatic heterocycles. The van der Waals surface area contributed by atoms with E-state index in [0.29, 0.717) is 30.1 Å². The number of piperazine rings is 1. The molecule has 0 saturated carbocycles. The number of nitrogens with zero attached hydrogens (tertiary/aromatic N) is 3. The molecule has 2 heterocycles. The Bertz CT molecular complexity index is 1110. The predicted octanol–water partition coefficient (Wildman–Crippen LogP) is 1.78. The monoisotopic (exact) mass is 461 g/mol. The summed E-state index contributed by atoms with van der Waals surface area (Å²) in [6.45, 7) is 3.61. The zero-order chi connectivity index (χ0) is 22.9. The van der Waals surface area contributed by atoms with Gasteiger partial charge in [0.2, 0.25) is 16.8 Å². The molecular formula is C22H27N3O6S. The molecule has 0 aliphatic carbocycles. The van der Waals surface area contributed by atoms with Crippen molar-refractivity contribution >= 4 is 21.6 Å². The van der Waals surface area contributed by atoms with Crippen LogP contribution in [-0.2, 0) is 16.6 Å². The number of methoxy groups -OCH3 is 1. The van der Waals surface area contributed by atoms with E-state index in [2.05, 4.69) is 4.90 Å². The lowest BCUT2D eigenvalue weighted by Gasteiger charge is -2.35. The lowest BCUT2D eigenvalue weighted by molar-refractivity contribution is 0.0625. The molecule has 10 heteroatoms. The van der Waals surface area contributed by atoms with E-state index in [0.717, 1.165) is 47.3 Å². The van der Waals surface area contributed by atoms with E-state index >= 15 is 0 Å². The molecule has 2 aromatic carbocycles. The highest BCUT2D eigenvalue weighted by Gasteiger charge is 2.26. The number of hydrogen-bond donors (Lipinski definition) is 0. The smallest absolute Gasteiger partial charge is 0.257 e. The van der Waals surface area contributed by atoms with Gasteiger partial charge in [0.25, 0.3) is 5.91 Å². The fourth-order valence-corrected chi connectivity index (χ4v) is 4.32. The Labute approximate surface area is 188 Å². The quantitative estimate of drug-likeness (QED) is 0.648. The molecule has 9 nitrogen and oxygen atoms in total. The molecule has 2 aromatic rings. The lowest BCUT2D eigenvalue weighted by Crippen LogP contribution is -2.48. The molecule has 0 aromatic heterocycles. The Balaban J connectivity index is 1.43. The number of benzene rings is 2. The number of hydrogen-bond acceptors (Lipinski definition) is 7. The lowest BCUT2D eigenvalue weighted by atomic mass is 10.1. The van der Waals surface area contributed by atoms with Crippen molar-refractivity contribution in [1.29, 1.82) is 0 Å². The Morgan fingerprint density at radius 1 is 1.06 bits per heavy atom. The number of fused-ring (bicyclic) bond motifs is 1. The molecule has 0 unspecified atom stereocenters. The van der Waals surface area contributed by atoms with Crippen molar-refractivity contribution in [2.45, 2.75) is 6.54 Å². The maximum atomic E-state index is 13.2. The molecule has 32 heavy (non-hydrogen) atoms. The summed E-state index contributed by atoms with van der Waals surface area (Å²) in [4.78, 5) is 17.3. The van der Waals surface area contributed by atoms with Gasteiger partial charge in [-0.3, -0.25) is 14.0 Å². The van der Waals surface area contributed by atoms with Crippen molar-refractivity contribution in [2.75, 3.05) is 57.7 Å². The highest BCUT2D eigenvalue weighted by atomic mass is 32.2. The fourth-order valence-electron chi connectivity index (χ4n) is 3.83. The van der Waals surface area contributed by atoms with Gasteiger partial charge in [-0.1, -0.05) is 6.07 Å². The summed E-state index contributed by atoms with van der Waals surface area (Å²) < 4.78 is 41.1. The van der Waals surface area contributed by atoms with Gasteiger partial charge in [-0.05, 0) is 35.9 Å². The molecule has 2 aliphatic rings. The van der Waals surface area contributed by atoms with E-state index in [9.17, 15) is 13.2 Å². The minimum Gasteiger partial charge on any atom is -0.496 e. The largest absolute Gasteiger partial charge is 0.496 e. The second kappa shape index (κ2) is 8.87. The molecule has 0 atom stereocenters. The molecule has 4 rings (SSSR count). The first kappa shape index (κ1) is 22.2. The van der Waals surface area contributed by atoms with Crippen molar-refractivity contribution in [3.05, 3.63) is 47.5 Å². The van der Waals surface area contributed by atoms with Crippen molar-refractivity contribution < 1.29 is 27.4 Å². The van der Waals surface area contributed by atoms with Crippen LogP contribution in [-0.4, -0.2) is 77.5 Å². The zero-order valence-corrected chi connectivity index (χ0v) is 19.2. The summed E-state index contributed by atoms with van der Waals surface area (Å²) in [5, 5.41) is 0. The Kier molecular flexibility index (Phi) is 6.16. The summed E-state index contributed by atoms with van der Waals surface area (Å²) in [6.07, 6.45) is 1.12. The van der Waals surface area contributed by atoms with Gasteiger partial charge in [0.15, 0.2) is 11.5 Å². The second-order valence-electron chi connectivity index (χ2n) is 7.87. The Morgan fingerprint density at radius 2 is 1.78 bits per heavy atom. The van der Waals surface area contributed by atoms with E-state index in [4.69, 9.17) is 14.2 Å². The standard InChI is InChI=1S/C22H27N3O6S/c1-23(32(3,27)28)17-5-7-19(29-2)18(13-17)22(26)25-10-8-24(9-11-25)14-16-4-6-20-21(12-16)31-15-30-20/h4-7,12-13H,8-11,14-15H2,1-3H3. The molecule has 0 radical (unpaired) electrons. The van der Waals surface area contributed by atoms with Gasteiger partial charge >= 0.3 is 0 Å². The van der Waals surface area contributed by atoms with Gasteiger partial charge in [0, 0.05) is 39.8 Å². The molecule has 0 bridgehead atoms. The average molecular weight is 462 g/mol. The number of sulfonamides is 1. The Morgan fingerprint density at radius 3 is 2.47 bits per heavy atom. The first-order valence-electron chi connectivity index (χ1n) is 10.3. The van der Waals surface area contributed by atoms with Gasteiger partial charge in [0.1, 0.15) is 5.75 Å². The Hall–Kier alpha value is -2.98. The van der Waals surface area contributed by atoms with Crippen LogP contribution in [0.5, 0.6) is 17.2 Å². The number of rotatable bonds is 6. The summed E-state index contributed by atoms with van der Waals surface area (Å²) >= 11 is 0. The first-order valence-corrected chi connectivity index (χ1v) is 12.1. The number of ether oxygens (including phenoxy) is 3. The summed E-state index contributed by atoms with van der Waals surface area (Å²) in [5.74, 6) is 1.78. The SMILES string of the molecule is COc1ccc(N(C)S(C)(=O)=O)cc1C(=O)N1CCN(Cc2ccc3c(c2)OCO3)CC1. The molecule has 0 spiro atoms. The molecule has 1 amide bonds. The van der Waals surface area contributed by atoms with Crippen LogP contribution in [0.2, 0.25) is 0 Å². The minimum absolute atomic E-state index is 0.173. The maximum absolute atomic E-state index is 13.2. The topological polar surface area (TPSA) is 88.6 Å². The van der Waals surface area contributed by atoms with Crippen LogP contribution in [0.1, 0.15) is 15.9 Å². The van der Waals surface area contributed by atoms with Gasteiger partial charge in [-0.15, -0.1) is 0 Å². The van der Waals surface area contributed by atoms with E-state index in [1.807, 2.05) is 18.2 Å². The van der Waals surface area contributed by atoms with Crippen molar-refractivity contribution in [3.63, 3.8) is 0 Å². The normalized spacial score (nSPS) is 16.2. The third-order valence-electron chi connectivity index (χ3n) is 5.78. The van der Waals surface area contributed by atoms with Crippen molar-refractivity contribution in [1.82, 2.24) is 9.80 Å². The van der Waals surface area contributed by atoms with Crippen LogP contribution in [0.15, 0.2) is 36.4 Å². The minimum atomic E-state index is -3.44. The van der Waals surface area contributed by atoms with Crippen LogP contribution < -0.4 is 18.5 Å². The molecule has 0 N–H and O–H groups in total. The third-order valence-corrected chi connectivity index (χ3v) is 6.98. The summed E-state index contributed by atoms with van der Waals surface area (Å²) in [7, 11) is -0.486. The van der Waals surface area contributed by atoms with Crippen LogP contribution in [0.4, 0.5) is 5.69 Å². The van der Waals surface area contributed by atoms with Gasteiger partial charge in [-0.25, -0.2) is 8.42 Å². The van der Waals surface area contributed by atoms with Crippen LogP contribution in [0, 0.1) is 0 Å². The summed E-state index contributed by atoms with van der Waals surface area (Å²) in [6, 6.07) is 10.8. The van der Waals surface area contributed by atoms with Crippen LogP contribution in [0.3, 0.4) is 0 Å². The third kappa shape index (κ3) is 4.61. The zero-order valence-electron chi connectivity index (χ0n) is 18.4. The number of carbonyl (C=O) groups excluding carboxylic acids is 1. The van der Waals surface area contributed by atoms with Crippen molar-refractivity contribution in [2.24, 2.45) is 0 Å². The van der Waals surface area contributed by atoms with Gasteiger partial charge in [0.05, 0.1) is 24.6 Å². The highest BCUT2D eigenvalue weighted by Crippen LogP contribution is 2.33. The van der Waals surface area contributed by atoms with Crippen LogP contribution >= 0.6 is 0 Å². The number of anilines is 1. The van der Waals surface area contributed by atoms with Crippen molar-refractivity contribution in [3.8, 4) is 17.2 Å². The van der Waals surface area contributed by atoms with E-state index in [-0.39, 0.29) is 12.7 Å². The number of amides is 1. The molecule has 1 saturated heterocycles. The van der Waals surface area contributed by atoms with E-state index < -0.39 is 10.0 Å². The highest BCUT2D eigenvalue weighted by molar-refractivity contribution is 7.92.